The minimum absolute atomic E-state index is 0.115. The lowest BCUT2D eigenvalue weighted by Crippen LogP contribution is -2.49. The summed E-state index contributed by atoms with van der Waals surface area (Å²) in [5.41, 5.74) is 10.1. The summed E-state index contributed by atoms with van der Waals surface area (Å²) in [6.45, 7) is 0.115. The standard InChI is InChI=1S/C14H16N4O3/c15-10(13(19)17-12-7-21-18-14(12)20)5-8-6-16-11-4-2-1-3-9(8)11/h1-4,6,10,12,16H,5,7,15H2,(H,17,19)(H,18,20)/t10-,12+/m0/s1. The van der Waals surface area contributed by atoms with Crippen LogP contribution in [-0.4, -0.2) is 35.5 Å². The van der Waals surface area contributed by atoms with Gasteiger partial charge in [0.05, 0.1) is 6.04 Å². The highest BCUT2D eigenvalue weighted by Gasteiger charge is 2.29. The second-order valence-electron chi connectivity index (χ2n) is 5.01. The number of para-hydroxylation sites is 1. The maximum absolute atomic E-state index is 12.0. The van der Waals surface area contributed by atoms with Crippen molar-refractivity contribution in [2.45, 2.75) is 18.5 Å². The zero-order valence-electron chi connectivity index (χ0n) is 11.3. The summed E-state index contributed by atoms with van der Waals surface area (Å²) in [6.07, 6.45) is 2.24. The first-order chi connectivity index (χ1) is 10.1. The number of nitrogens with one attached hydrogen (secondary N) is 3. The Morgan fingerprint density at radius 2 is 2.29 bits per heavy atom. The van der Waals surface area contributed by atoms with E-state index in [0.29, 0.717) is 6.42 Å². The molecule has 2 aromatic rings. The number of hydrogen-bond donors (Lipinski definition) is 4. The third kappa shape index (κ3) is 2.74. The van der Waals surface area contributed by atoms with Gasteiger partial charge in [0.1, 0.15) is 12.6 Å². The number of aromatic nitrogens is 1. The smallest absolute Gasteiger partial charge is 0.268 e. The van der Waals surface area contributed by atoms with Gasteiger partial charge in [-0.1, -0.05) is 18.2 Å². The molecule has 5 N–H and O–H groups in total. The van der Waals surface area contributed by atoms with Gasteiger partial charge in [-0.05, 0) is 18.1 Å². The van der Waals surface area contributed by atoms with Crippen molar-refractivity contribution in [2.75, 3.05) is 6.61 Å². The van der Waals surface area contributed by atoms with Crippen LogP contribution in [0.3, 0.4) is 0 Å². The van der Waals surface area contributed by atoms with E-state index in [1.807, 2.05) is 30.5 Å². The Kier molecular flexibility index (Phi) is 3.59. The van der Waals surface area contributed by atoms with E-state index in [2.05, 4.69) is 15.8 Å². The maximum Gasteiger partial charge on any atom is 0.268 e. The summed E-state index contributed by atoms with van der Waals surface area (Å²) in [7, 11) is 0. The van der Waals surface area contributed by atoms with Gasteiger partial charge < -0.3 is 16.0 Å². The largest absolute Gasteiger partial charge is 0.361 e. The van der Waals surface area contributed by atoms with Crippen molar-refractivity contribution in [1.82, 2.24) is 15.8 Å². The summed E-state index contributed by atoms with van der Waals surface area (Å²) in [6, 6.07) is 6.41. The highest BCUT2D eigenvalue weighted by Crippen LogP contribution is 2.18. The molecule has 0 saturated carbocycles. The summed E-state index contributed by atoms with van der Waals surface area (Å²) in [4.78, 5) is 31.2. The average Bonchev–Trinajstić information content (AvgIpc) is 3.07. The third-order valence-electron chi connectivity index (χ3n) is 3.51. The first-order valence-corrected chi connectivity index (χ1v) is 6.68. The number of nitrogens with two attached hydrogens (primary N) is 1. The van der Waals surface area contributed by atoms with Gasteiger partial charge in [-0.2, -0.15) is 0 Å². The van der Waals surface area contributed by atoms with Crippen molar-refractivity contribution in [3.05, 3.63) is 36.0 Å². The van der Waals surface area contributed by atoms with Gasteiger partial charge in [0, 0.05) is 17.1 Å². The number of rotatable bonds is 4. The number of aromatic amines is 1. The number of amides is 2. The molecule has 0 bridgehead atoms. The molecule has 7 nitrogen and oxygen atoms in total. The Hall–Kier alpha value is -2.38. The van der Waals surface area contributed by atoms with Gasteiger partial charge in [0.2, 0.25) is 5.91 Å². The topological polar surface area (TPSA) is 109 Å². The molecule has 0 unspecified atom stereocenters. The molecule has 0 radical (unpaired) electrons. The molecule has 1 saturated heterocycles. The zero-order valence-corrected chi connectivity index (χ0v) is 11.3. The molecule has 1 aliphatic heterocycles. The SMILES string of the molecule is N[C@@H](Cc1c[nH]c2ccccc12)C(=O)N[C@@H]1CONC1=O. The molecule has 2 heterocycles. The molecule has 7 heteroatoms. The fourth-order valence-corrected chi connectivity index (χ4v) is 2.36. The molecule has 0 aliphatic carbocycles. The van der Waals surface area contributed by atoms with Crippen LogP contribution in [0.2, 0.25) is 0 Å². The molecule has 1 aromatic heterocycles. The van der Waals surface area contributed by atoms with Gasteiger partial charge >= 0.3 is 0 Å². The van der Waals surface area contributed by atoms with E-state index in [0.717, 1.165) is 16.5 Å². The third-order valence-corrected chi connectivity index (χ3v) is 3.51. The number of hydrogen-bond acceptors (Lipinski definition) is 4. The first-order valence-electron chi connectivity index (χ1n) is 6.68. The number of benzene rings is 1. The molecule has 1 aromatic carbocycles. The van der Waals surface area contributed by atoms with E-state index >= 15 is 0 Å². The molecule has 2 amide bonds. The van der Waals surface area contributed by atoms with Crippen LogP contribution < -0.4 is 16.5 Å². The van der Waals surface area contributed by atoms with E-state index in [9.17, 15) is 9.59 Å². The minimum Gasteiger partial charge on any atom is -0.361 e. The summed E-state index contributed by atoms with van der Waals surface area (Å²) in [5.74, 6) is -0.728. The molecule has 110 valence electrons. The van der Waals surface area contributed by atoms with Gasteiger partial charge in [-0.3, -0.25) is 14.4 Å². The van der Waals surface area contributed by atoms with Crippen LogP contribution in [0.25, 0.3) is 10.9 Å². The van der Waals surface area contributed by atoms with Crippen molar-refractivity contribution in [1.29, 1.82) is 0 Å². The van der Waals surface area contributed by atoms with E-state index in [1.165, 1.54) is 0 Å². The van der Waals surface area contributed by atoms with Crippen LogP contribution in [0.5, 0.6) is 0 Å². The fraction of sp³-hybridized carbons (Fsp3) is 0.286. The van der Waals surface area contributed by atoms with Crippen molar-refractivity contribution in [3.8, 4) is 0 Å². The first kappa shape index (κ1) is 13.6. The Bertz CT molecular complexity index is 682. The number of carbonyl (C=O) groups is 2. The maximum atomic E-state index is 12.0. The Labute approximate surface area is 120 Å². The van der Waals surface area contributed by atoms with Gasteiger partial charge in [-0.25, -0.2) is 5.48 Å². The number of carbonyl (C=O) groups excluding carboxylic acids is 2. The van der Waals surface area contributed by atoms with Crippen LogP contribution >= 0.6 is 0 Å². The Morgan fingerprint density at radius 3 is 3.05 bits per heavy atom. The molecule has 3 rings (SSSR count). The highest BCUT2D eigenvalue weighted by atomic mass is 16.7. The molecular weight excluding hydrogens is 272 g/mol. The summed E-state index contributed by atoms with van der Waals surface area (Å²) in [5, 5.41) is 3.62. The van der Waals surface area contributed by atoms with Crippen LogP contribution in [0, 0.1) is 0 Å². The molecule has 1 aliphatic rings. The van der Waals surface area contributed by atoms with Gasteiger partial charge in [0.15, 0.2) is 0 Å². The van der Waals surface area contributed by atoms with Crippen molar-refractivity contribution in [3.63, 3.8) is 0 Å². The van der Waals surface area contributed by atoms with Crippen LogP contribution in [-0.2, 0) is 20.8 Å². The second kappa shape index (κ2) is 5.55. The van der Waals surface area contributed by atoms with Crippen LogP contribution in [0.15, 0.2) is 30.5 Å². The van der Waals surface area contributed by atoms with Crippen molar-refractivity contribution >= 4 is 22.7 Å². The highest BCUT2D eigenvalue weighted by molar-refractivity contribution is 5.91. The van der Waals surface area contributed by atoms with E-state index < -0.39 is 12.1 Å². The van der Waals surface area contributed by atoms with Crippen molar-refractivity contribution in [2.24, 2.45) is 5.73 Å². The van der Waals surface area contributed by atoms with Crippen molar-refractivity contribution < 1.29 is 14.4 Å². The Morgan fingerprint density at radius 1 is 1.48 bits per heavy atom. The van der Waals surface area contributed by atoms with E-state index in [1.54, 1.807) is 0 Å². The quantitative estimate of drug-likeness (QED) is 0.613. The van der Waals surface area contributed by atoms with Gasteiger partial charge in [0.25, 0.3) is 5.91 Å². The zero-order chi connectivity index (χ0) is 14.8. The monoisotopic (exact) mass is 288 g/mol. The number of fused-ring (bicyclic) bond motifs is 1. The van der Waals surface area contributed by atoms with E-state index in [4.69, 9.17) is 10.6 Å². The predicted molar refractivity (Wildman–Crippen MR) is 76.0 cm³/mol. The predicted octanol–water partition coefficient (Wildman–Crippen LogP) is -0.416. The molecular formula is C14H16N4O3. The van der Waals surface area contributed by atoms with Gasteiger partial charge in [-0.15, -0.1) is 0 Å². The number of hydroxylamine groups is 1. The molecule has 2 atom stereocenters. The lowest BCUT2D eigenvalue weighted by molar-refractivity contribution is -0.129. The molecule has 21 heavy (non-hydrogen) atoms. The van der Waals surface area contributed by atoms with Crippen LogP contribution in [0.1, 0.15) is 5.56 Å². The minimum atomic E-state index is -0.724. The number of H-pyrrole nitrogens is 1. The fourth-order valence-electron chi connectivity index (χ4n) is 2.36. The second-order valence-corrected chi connectivity index (χ2v) is 5.01. The average molecular weight is 288 g/mol. The lowest BCUT2D eigenvalue weighted by Gasteiger charge is -2.14. The summed E-state index contributed by atoms with van der Waals surface area (Å²) >= 11 is 0. The normalized spacial score (nSPS) is 19.5. The van der Waals surface area contributed by atoms with E-state index in [-0.39, 0.29) is 18.4 Å². The lowest BCUT2D eigenvalue weighted by atomic mass is 10.0. The Balaban J connectivity index is 1.66. The summed E-state index contributed by atoms with van der Waals surface area (Å²) < 4.78 is 0. The molecule has 1 fully saturated rings. The van der Waals surface area contributed by atoms with Crippen LogP contribution in [0.4, 0.5) is 0 Å². The molecule has 0 spiro atoms.